The van der Waals surface area contributed by atoms with Gasteiger partial charge in [0.1, 0.15) is 0 Å². The summed E-state index contributed by atoms with van der Waals surface area (Å²) < 4.78 is 0. The van der Waals surface area contributed by atoms with E-state index >= 15 is 0 Å². The summed E-state index contributed by atoms with van der Waals surface area (Å²) in [5.74, 6) is 3.93. The van der Waals surface area contributed by atoms with Crippen LogP contribution in [0.1, 0.15) is 97.5 Å². The van der Waals surface area contributed by atoms with Gasteiger partial charge in [0, 0.05) is 0 Å². The van der Waals surface area contributed by atoms with Gasteiger partial charge in [-0.15, -0.1) is 0 Å². The van der Waals surface area contributed by atoms with Gasteiger partial charge in [-0.2, -0.15) is 0 Å². The van der Waals surface area contributed by atoms with Crippen molar-refractivity contribution in [2.45, 2.75) is 104 Å². The number of hydrogen-bond donors (Lipinski definition) is 2. The van der Waals surface area contributed by atoms with Crippen molar-refractivity contribution in [3.8, 4) is 0 Å². The van der Waals surface area contributed by atoms with Crippen molar-refractivity contribution < 1.29 is 10.2 Å². The minimum absolute atomic E-state index is 0.112. The third-order valence-corrected chi connectivity index (χ3v) is 11.3. The Morgan fingerprint density at radius 1 is 1.03 bits per heavy atom. The first-order valence-corrected chi connectivity index (χ1v) is 13.8. The maximum atomic E-state index is 11.2. The zero-order valence-corrected chi connectivity index (χ0v) is 21.4. The van der Waals surface area contributed by atoms with Gasteiger partial charge in [-0.3, -0.25) is 0 Å². The lowest BCUT2D eigenvalue weighted by Gasteiger charge is -2.58. The van der Waals surface area contributed by atoms with E-state index in [1.54, 1.807) is 5.57 Å². The van der Waals surface area contributed by atoms with Crippen LogP contribution in [0.4, 0.5) is 0 Å². The fraction of sp³-hybridized carbons (Fsp3) is 0.742. The molecule has 0 saturated heterocycles. The predicted molar refractivity (Wildman–Crippen MR) is 136 cm³/mol. The Balaban J connectivity index is 1.29. The first-order valence-electron chi connectivity index (χ1n) is 13.8. The van der Waals surface area contributed by atoms with E-state index in [0.29, 0.717) is 16.7 Å². The molecule has 0 amide bonds. The number of hydrogen-bond acceptors (Lipinski definition) is 2. The van der Waals surface area contributed by atoms with Crippen molar-refractivity contribution in [3.63, 3.8) is 0 Å². The highest BCUT2D eigenvalue weighted by Gasteiger charge is 2.59. The molecule has 2 nitrogen and oxygen atoms in total. The van der Waals surface area contributed by atoms with Crippen LogP contribution in [0.15, 0.2) is 42.0 Å². The molecule has 0 unspecified atom stereocenters. The molecule has 0 aliphatic heterocycles. The molecule has 9 atom stereocenters. The van der Waals surface area contributed by atoms with E-state index in [0.717, 1.165) is 54.9 Å². The Hall–Kier alpha value is -1.12. The van der Waals surface area contributed by atoms with Gasteiger partial charge in [0.2, 0.25) is 0 Å². The van der Waals surface area contributed by atoms with Crippen LogP contribution in [0, 0.1) is 40.4 Å². The highest BCUT2D eigenvalue weighted by atomic mass is 16.3. The Kier molecular flexibility index (Phi) is 6.10. The summed E-state index contributed by atoms with van der Waals surface area (Å²) in [6, 6.07) is 10.2. The Bertz CT molecular complexity index is 872. The fourth-order valence-corrected chi connectivity index (χ4v) is 9.27. The molecule has 5 rings (SSSR count). The van der Waals surface area contributed by atoms with Gasteiger partial charge in [-0.05, 0) is 117 Å². The van der Waals surface area contributed by atoms with Crippen molar-refractivity contribution >= 4 is 0 Å². The molecule has 0 aromatic heterocycles. The first-order chi connectivity index (χ1) is 15.6. The van der Waals surface area contributed by atoms with Gasteiger partial charge >= 0.3 is 0 Å². The SMILES string of the molecule is C[C@H](CC[C@@](C)(O)c1ccccc1)[C@H]1CC[C@@H]2[C@H]3CC=C4C[C@@H](O)CC[C@]4(C)[C@H]3CC[C@@]21C. The normalized spacial score (nSPS) is 43.0. The van der Waals surface area contributed by atoms with Gasteiger partial charge in [0.15, 0.2) is 0 Å². The minimum Gasteiger partial charge on any atom is -0.393 e. The first kappa shape index (κ1) is 23.6. The molecule has 1 aromatic rings. The van der Waals surface area contributed by atoms with Gasteiger partial charge < -0.3 is 10.2 Å². The highest BCUT2D eigenvalue weighted by Crippen LogP contribution is 2.67. The molecule has 0 heterocycles. The number of aliphatic hydroxyl groups excluding tert-OH is 1. The number of benzene rings is 1. The molecule has 182 valence electrons. The summed E-state index contributed by atoms with van der Waals surface area (Å²) in [5.41, 5.74) is 2.67. The smallest absolute Gasteiger partial charge is 0.0868 e. The summed E-state index contributed by atoms with van der Waals surface area (Å²) in [6.07, 6.45) is 14.2. The summed E-state index contributed by atoms with van der Waals surface area (Å²) in [5, 5.41) is 21.4. The van der Waals surface area contributed by atoms with E-state index in [2.05, 4.69) is 39.0 Å². The van der Waals surface area contributed by atoms with Gasteiger partial charge in [0.25, 0.3) is 0 Å². The second kappa shape index (κ2) is 8.52. The van der Waals surface area contributed by atoms with Crippen molar-refractivity contribution in [2.24, 2.45) is 40.4 Å². The molecular formula is C31H46O2. The predicted octanol–water partition coefficient (Wildman–Crippen LogP) is 7.25. The quantitative estimate of drug-likeness (QED) is 0.464. The van der Waals surface area contributed by atoms with Crippen LogP contribution in [-0.2, 0) is 5.60 Å². The average Bonchev–Trinajstić information content (AvgIpc) is 3.16. The average molecular weight is 451 g/mol. The molecule has 3 fully saturated rings. The Morgan fingerprint density at radius 3 is 2.55 bits per heavy atom. The maximum absolute atomic E-state index is 11.2. The molecule has 2 N–H and O–H groups in total. The molecule has 0 radical (unpaired) electrons. The number of rotatable bonds is 5. The fourth-order valence-electron chi connectivity index (χ4n) is 9.27. The Labute approximate surface area is 201 Å². The maximum Gasteiger partial charge on any atom is 0.0868 e. The van der Waals surface area contributed by atoms with E-state index in [1.165, 1.54) is 38.5 Å². The lowest BCUT2D eigenvalue weighted by Crippen LogP contribution is -2.50. The van der Waals surface area contributed by atoms with Crippen LogP contribution in [0.5, 0.6) is 0 Å². The van der Waals surface area contributed by atoms with Crippen molar-refractivity contribution in [2.75, 3.05) is 0 Å². The van der Waals surface area contributed by atoms with Gasteiger partial charge in [0.05, 0.1) is 11.7 Å². The molecule has 1 aromatic carbocycles. The molecule has 2 heteroatoms. The lowest BCUT2D eigenvalue weighted by molar-refractivity contribution is -0.0589. The lowest BCUT2D eigenvalue weighted by atomic mass is 9.47. The molecule has 4 aliphatic rings. The number of aliphatic hydroxyl groups is 2. The zero-order chi connectivity index (χ0) is 23.4. The topological polar surface area (TPSA) is 40.5 Å². The summed E-state index contributed by atoms with van der Waals surface area (Å²) >= 11 is 0. The monoisotopic (exact) mass is 450 g/mol. The van der Waals surface area contributed by atoms with Crippen molar-refractivity contribution in [3.05, 3.63) is 47.5 Å². The van der Waals surface area contributed by atoms with Crippen LogP contribution in [0.25, 0.3) is 0 Å². The molecule has 0 spiro atoms. The van der Waals surface area contributed by atoms with Gasteiger partial charge in [-0.1, -0.05) is 62.8 Å². The minimum atomic E-state index is -0.739. The van der Waals surface area contributed by atoms with E-state index in [4.69, 9.17) is 0 Å². The van der Waals surface area contributed by atoms with E-state index in [1.807, 2.05) is 25.1 Å². The van der Waals surface area contributed by atoms with Crippen LogP contribution in [0.2, 0.25) is 0 Å². The van der Waals surface area contributed by atoms with Crippen LogP contribution >= 0.6 is 0 Å². The number of fused-ring (bicyclic) bond motifs is 5. The zero-order valence-electron chi connectivity index (χ0n) is 21.4. The third-order valence-electron chi connectivity index (χ3n) is 11.3. The second-order valence-electron chi connectivity index (χ2n) is 13.0. The Morgan fingerprint density at radius 2 is 1.79 bits per heavy atom. The van der Waals surface area contributed by atoms with E-state index < -0.39 is 5.60 Å². The van der Waals surface area contributed by atoms with Crippen LogP contribution in [0.3, 0.4) is 0 Å². The third kappa shape index (κ3) is 3.94. The van der Waals surface area contributed by atoms with Crippen LogP contribution in [-0.4, -0.2) is 16.3 Å². The van der Waals surface area contributed by atoms with E-state index in [-0.39, 0.29) is 6.10 Å². The molecule has 0 bridgehead atoms. The molecule has 4 aliphatic carbocycles. The summed E-state index contributed by atoms with van der Waals surface area (Å²) in [6.45, 7) is 9.62. The second-order valence-corrected chi connectivity index (χ2v) is 13.0. The standard InChI is InChI=1S/C31H46O2/c1-21(14-19-31(4,33)22-8-6-5-7-9-22)26-12-13-27-25-11-10-23-20-24(32)15-17-29(23,2)28(25)16-18-30(26,27)3/h5-10,21,24-28,32-33H,11-20H2,1-4H3/t21-,24+,25-,26-,27-,28+,29+,30-,31-/m1/s1. The molecule has 3 saturated carbocycles. The van der Waals surface area contributed by atoms with Gasteiger partial charge in [-0.25, -0.2) is 0 Å². The summed E-state index contributed by atoms with van der Waals surface area (Å²) in [4.78, 5) is 0. The summed E-state index contributed by atoms with van der Waals surface area (Å²) in [7, 11) is 0. The number of allylic oxidation sites excluding steroid dienone is 1. The highest BCUT2D eigenvalue weighted by molar-refractivity contribution is 5.25. The van der Waals surface area contributed by atoms with Crippen LogP contribution < -0.4 is 0 Å². The van der Waals surface area contributed by atoms with Crippen molar-refractivity contribution in [1.29, 1.82) is 0 Å². The van der Waals surface area contributed by atoms with Crippen molar-refractivity contribution in [1.82, 2.24) is 0 Å². The molecule has 33 heavy (non-hydrogen) atoms. The van der Waals surface area contributed by atoms with E-state index in [9.17, 15) is 10.2 Å². The largest absolute Gasteiger partial charge is 0.393 e. The molecular weight excluding hydrogens is 404 g/mol.